The SMILES string of the molecule is Nc1nc2c(nnn2[C@@H]2O[C@H](CO)C(O)C2O)c(=O)[nH]1. The third kappa shape index (κ3) is 1.76. The minimum Gasteiger partial charge on any atom is -0.394 e. The summed E-state index contributed by atoms with van der Waals surface area (Å²) in [5.41, 5.74) is 4.80. The highest BCUT2D eigenvalue weighted by atomic mass is 16.6. The molecule has 0 radical (unpaired) electrons. The van der Waals surface area contributed by atoms with Crippen LogP contribution in [0, 0.1) is 0 Å². The van der Waals surface area contributed by atoms with Gasteiger partial charge in [0, 0.05) is 0 Å². The second-order valence-corrected chi connectivity index (χ2v) is 4.39. The number of aromatic amines is 1. The summed E-state index contributed by atoms with van der Waals surface area (Å²) in [7, 11) is 0. The number of hydrogen-bond acceptors (Lipinski definition) is 9. The first-order valence-electron chi connectivity index (χ1n) is 5.76. The van der Waals surface area contributed by atoms with Gasteiger partial charge in [0.15, 0.2) is 17.4 Å². The highest BCUT2D eigenvalue weighted by Crippen LogP contribution is 2.29. The van der Waals surface area contributed by atoms with E-state index in [1.807, 2.05) is 0 Å². The molecule has 0 bridgehead atoms. The fourth-order valence-corrected chi connectivity index (χ4v) is 2.11. The second kappa shape index (κ2) is 4.49. The van der Waals surface area contributed by atoms with Gasteiger partial charge in [0.1, 0.15) is 18.3 Å². The molecule has 2 aromatic heterocycles. The summed E-state index contributed by atoms with van der Waals surface area (Å²) < 4.78 is 6.33. The first-order chi connectivity index (χ1) is 9.52. The average molecular weight is 284 g/mol. The van der Waals surface area contributed by atoms with E-state index in [4.69, 9.17) is 15.6 Å². The monoisotopic (exact) mass is 284 g/mol. The Bertz CT molecular complexity index is 698. The average Bonchev–Trinajstić information content (AvgIpc) is 2.93. The number of fused-ring (bicyclic) bond motifs is 1. The van der Waals surface area contributed by atoms with Gasteiger partial charge in [0.25, 0.3) is 5.56 Å². The van der Waals surface area contributed by atoms with Crippen LogP contribution in [0.15, 0.2) is 4.79 Å². The van der Waals surface area contributed by atoms with Gasteiger partial charge in [-0.25, -0.2) is 0 Å². The van der Waals surface area contributed by atoms with Gasteiger partial charge >= 0.3 is 0 Å². The number of aliphatic hydroxyl groups is 3. The fourth-order valence-electron chi connectivity index (χ4n) is 2.11. The lowest BCUT2D eigenvalue weighted by molar-refractivity contribution is -0.0574. The van der Waals surface area contributed by atoms with Crippen molar-refractivity contribution < 1.29 is 20.1 Å². The lowest BCUT2D eigenvalue weighted by Crippen LogP contribution is -2.33. The Hall–Kier alpha value is -2.08. The molecule has 1 aliphatic heterocycles. The molecule has 108 valence electrons. The number of rotatable bonds is 2. The molecule has 0 spiro atoms. The molecule has 3 heterocycles. The topological polar surface area (TPSA) is 172 Å². The quantitative estimate of drug-likeness (QED) is 0.378. The molecule has 1 aliphatic rings. The standard InChI is InChI=1S/C9H12N6O5/c10-9-11-6-3(7(19)12-9)13-14-15(6)8-5(18)4(17)2(1-16)20-8/h2,4-5,8,16-18H,1H2,(H3,10,11,12,19)/t2-,4?,5?,8-/m1/s1. The van der Waals surface area contributed by atoms with Gasteiger partial charge in [0.2, 0.25) is 5.95 Å². The van der Waals surface area contributed by atoms with Crippen LogP contribution in [-0.2, 0) is 4.74 Å². The van der Waals surface area contributed by atoms with Crippen molar-refractivity contribution in [1.82, 2.24) is 25.0 Å². The van der Waals surface area contributed by atoms with Crippen LogP contribution in [0.25, 0.3) is 11.2 Å². The van der Waals surface area contributed by atoms with E-state index in [0.29, 0.717) is 0 Å². The number of ether oxygens (including phenoxy) is 1. The van der Waals surface area contributed by atoms with Crippen molar-refractivity contribution in [3.63, 3.8) is 0 Å². The first kappa shape index (κ1) is 12.9. The fraction of sp³-hybridized carbons (Fsp3) is 0.556. The molecular weight excluding hydrogens is 272 g/mol. The largest absolute Gasteiger partial charge is 0.394 e. The predicted octanol–water partition coefficient (Wildman–Crippen LogP) is -3.29. The van der Waals surface area contributed by atoms with Crippen LogP contribution in [-0.4, -0.2) is 65.2 Å². The Morgan fingerprint density at radius 3 is 2.80 bits per heavy atom. The molecule has 2 unspecified atom stereocenters. The van der Waals surface area contributed by atoms with Gasteiger partial charge in [-0.1, -0.05) is 5.21 Å². The van der Waals surface area contributed by atoms with Crippen LogP contribution < -0.4 is 11.3 Å². The number of H-pyrrole nitrogens is 1. The van der Waals surface area contributed by atoms with Gasteiger partial charge in [-0.2, -0.15) is 9.67 Å². The molecule has 0 aliphatic carbocycles. The summed E-state index contributed by atoms with van der Waals surface area (Å²) >= 11 is 0. The zero-order chi connectivity index (χ0) is 14.4. The second-order valence-electron chi connectivity index (χ2n) is 4.39. The number of aromatic nitrogens is 5. The van der Waals surface area contributed by atoms with Crippen LogP contribution in [0.2, 0.25) is 0 Å². The van der Waals surface area contributed by atoms with Crippen LogP contribution in [0.4, 0.5) is 5.95 Å². The number of hydrogen-bond donors (Lipinski definition) is 5. The van der Waals surface area contributed by atoms with E-state index in [1.165, 1.54) is 0 Å². The molecule has 0 saturated carbocycles. The maximum absolute atomic E-state index is 11.6. The molecule has 0 aromatic carbocycles. The molecule has 2 aromatic rings. The lowest BCUT2D eigenvalue weighted by Gasteiger charge is -2.14. The summed E-state index contributed by atoms with van der Waals surface area (Å²) in [6.07, 6.45) is -4.72. The molecule has 4 atom stereocenters. The number of nitrogen functional groups attached to an aromatic ring is 1. The summed E-state index contributed by atoms with van der Waals surface area (Å²) in [6, 6.07) is 0. The summed E-state index contributed by atoms with van der Waals surface area (Å²) in [5.74, 6) is -0.141. The van der Waals surface area contributed by atoms with Crippen LogP contribution in [0.3, 0.4) is 0 Å². The molecule has 6 N–H and O–H groups in total. The van der Waals surface area contributed by atoms with E-state index in [2.05, 4.69) is 20.3 Å². The smallest absolute Gasteiger partial charge is 0.282 e. The van der Waals surface area contributed by atoms with E-state index < -0.39 is 36.7 Å². The minimum atomic E-state index is -1.35. The Labute approximate surface area is 110 Å². The molecule has 11 heteroatoms. The maximum Gasteiger partial charge on any atom is 0.282 e. The van der Waals surface area contributed by atoms with Crippen molar-refractivity contribution in [2.45, 2.75) is 24.5 Å². The van der Waals surface area contributed by atoms with Gasteiger partial charge < -0.3 is 25.8 Å². The lowest BCUT2D eigenvalue weighted by atomic mass is 10.1. The number of aliphatic hydroxyl groups excluding tert-OH is 3. The van der Waals surface area contributed by atoms with Gasteiger partial charge in [-0.05, 0) is 0 Å². The zero-order valence-electron chi connectivity index (χ0n) is 10.0. The molecule has 11 nitrogen and oxygen atoms in total. The molecule has 0 amide bonds. The van der Waals surface area contributed by atoms with Crippen LogP contribution in [0.1, 0.15) is 6.23 Å². The predicted molar refractivity (Wildman–Crippen MR) is 63.4 cm³/mol. The molecule has 20 heavy (non-hydrogen) atoms. The van der Waals surface area contributed by atoms with Gasteiger partial charge in [0.05, 0.1) is 6.61 Å². The third-order valence-corrected chi connectivity index (χ3v) is 3.11. The Morgan fingerprint density at radius 2 is 2.15 bits per heavy atom. The maximum atomic E-state index is 11.6. The normalized spacial score (nSPS) is 30.1. The van der Waals surface area contributed by atoms with E-state index in [-0.39, 0.29) is 17.1 Å². The van der Waals surface area contributed by atoms with Crippen LogP contribution in [0.5, 0.6) is 0 Å². The van der Waals surface area contributed by atoms with E-state index >= 15 is 0 Å². The Balaban J connectivity index is 2.09. The van der Waals surface area contributed by atoms with E-state index in [1.54, 1.807) is 0 Å². The highest BCUT2D eigenvalue weighted by Gasteiger charge is 2.44. The summed E-state index contributed by atoms with van der Waals surface area (Å²) in [6.45, 7) is -0.475. The van der Waals surface area contributed by atoms with Crippen molar-refractivity contribution in [2.24, 2.45) is 0 Å². The zero-order valence-corrected chi connectivity index (χ0v) is 10.0. The van der Waals surface area contributed by atoms with Crippen molar-refractivity contribution >= 4 is 17.1 Å². The first-order valence-corrected chi connectivity index (χ1v) is 5.76. The van der Waals surface area contributed by atoms with E-state index in [0.717, 1.165) is 4.68 Å². The van der Waals surface area contributed by atoms with Crippen molar-refractivity contribution in [3.8, 4) is 0 Å². The Morgan fingerprint density at radius 1 is 1.40 bits per heavy atom. The van der Waals surface area contributed by atoms with Crippen molar-refractivity contribution in [3.05, 3.63) is 10.4 Å². The van der Waals surface area contributed by atoms with Crippen molar-refractivity contribution in [2.75, 3.05) is 12.3 Å². The molecule has 1 saturated heterocycles. The van der Waals surface area contributed by atoms with Crippen molar-refractivity contribution in [1.29, 1.82) is 0 Å². The van der Waals surface area contributed by atoms with Gasteiger partial charge in [-0.15, -0.1) is 5.10 Å². The Kier molecular flexibility index (Phi) is 2.90. The third-order valence-electron chi connectivity index (χ3n) is 3.11. The molecule has 3 rings (SSSR count). The number of nitrogens with zero attached hydrogens (tertiary/aromatic N) is 4. The molecular formula is C9H12N6O5. The summed E-state index contributed by atoms with van der Waals surface area (Å²) in [5, 5.41) is 36.0. The van der Waals surface area contributed by atoms with E-state index in [9.17, 15) is 15.0 Å². The summed E-state index contributed by atoms with van der Waals surface area (Å²) in [4.78, 5) is 17.7. The number of anilines is 1. The minimum absolute atomic E-state index is 0.0149. The highest BCUT2D eigenvalue weighted by molar-refractivity contribution is 5.69. The van der Waals surface area contributed by atoms with Gasteiger partial charge in [-0.3, -0.25) is 9.78 Å². The number of nitrogens with two attached hydrogens (primary N) is 1. The number of nitrogens with one attached hydrogen (secondary N) is 1. The molecule has 1 fully saturated rings. The van der Waals surface area contributed by atoms with Crippen LogP contribution >= 0.6 is 0 Å².